The van der Waals surface area contributed by atoms with Crippen molar-refractivity contribution in [2.75, 3.05) is 40.4 Å². The number of ether oxygens (including phenoxy) is 3. The molecule has 5 aliphatic rings. The maximum atomic E-state index is 13.5. The van der Waals surface area contributed by atoms with Crippen LogP contribution >= 0.6 is 0 Å². The Morgan fingerprint density at radius 3 is 2.40 bits per heavy atom. The number of amides is 5. The lowest BCUT2D eigenvalue weighted by Crippen LogP contribution is -2.54. The highest BCUT2D eigenvalue weighted by molar-refractivity contribution is 6.23. The van der Waals surface area contributed by atoms with Crippen LogP contribution in [0.2, 0.25) is 0 Å². The lowest BCUT2D eigenvalue weighted by atomic mass is 9.66. The number of methoxy groups -OCH3 is 2. The van der Waals surface area contributed by atoms with E-state index >= 15 is 0 Å². The quantitative estimate of drug-likeness (QED) is 0.234. The summed E-state index contributed by atoms with van der Waals surface area (Å²) >= 11 is 0. The molecular formula is C43H44N6O9. The van der Waals surface area contributed by atoms with E-state index in [2.05, 4.69) is 15.2 Å². The Balaban J connectivity index is 0.770. The summed E-state index contributed by atoms with van der Waals surface area (Å²) in [5, 5.41) is 3.55. The van der Waals surface area contributed by atoms with Crippen LogP contribution in [0.3, 0.4) is 0 Å². The maximum Gasteiger partial charge on any atom is 0.262 e. The van der Waals surface area contributed by atoms with Crippen LogP contribution in [0.15, 0.2) is 59.8 Å². The highest BCUT2D eigenvalue weighted by atomic mass is 16.5. The fraction of sp³-hybridized carbons (Fsp3) is 0.419. The Morgan fingerprint density at radius 2 is 1.67 bits per heavy atom. The smallest absolute Gasteiger partial charge is 0.262 e. The molecule has 58 heavy (non-hydrogen) atoms. The second-order valence-corrected chi connectivity index (χ2v) is 16.4. The number of carbonyl (C=O) groups excluding carboxylic acids is 5. The zero-order chi connectivity index (χ0) is 40.5. The van der Waals surface area contributed by atoms with Gasteiger partial charge in [-0.2, -0.15) is 0 Å². The number of rotatable bonds is 10. The van der Waals surface area contributed by atoms with Gasteiger partial charge in [-0.05, 0) is 84.4 Å². The molecule has 4 aliphatic heterocycles. The monoisotopic (exact) mass is 788 g/mol. The van der Waals surface area contributed by atoms with E-state index in [-0.39, 0.29) is 52.9 Å². The molecule has 3 saturated heterocycles. The number of likely N-dealkylation sites (tertiary alicyclic amines) is 2. The second-order valence-electron chi connectivity index (χ2n) is 16.4. The van der Waals surface area contributed by atoms with Crippen LogP contribution in [0.5, 0.6) is 17.2 Å². The van der Waals surface area contributed by atoms with Gasteiger partial charge >= 0.3 is 0 Å². The van der Waals surface area contributed by atoms with Crippen molar-refractivity contribution >= 4 is 40.3 Å². The number of aryl methyl sites for hydroxylation is 1. The molecule has 1 atom stereocenters. The van der Waals surface area contributed by atoms with Gasteiger partial charge in [0.05, 0.1) is 42.4 Å². The molecule has 4 fully saturated rings. The average molecular weight is 789 g/mol. The third-order valence-electron chi connectivity index (χ3n) is 12.6. The Hall–Kier alpha value is -6.09. The van der Waals surface area contributed by atoms with Crippen molar-refractivity contribution in [3.8, 4) is 28.4 Å². The fourth-order valence-corrected chi connectivity index (χ4v) is 9.56. The summed E-state index contributed by atoms with van der Waals surface area (Å²) in [6.07, 6.45) is 8.16. The van der Waals surface area contributed by atoms with E-state index in [9.17, 15) is 28.8 Å². The number of carbonyl (C=O) groups is 5. The fourth-order valence-electron chi connectivity index (χ4n) is 9.56. The second kappa shape index (κ2) is 14.4. The van der Waals surface area contributed by atoms with E-state index in [1.54, 1.807) is 56.4 Å². The molecule has 15 heteroatoms. The molecular weight excluding hydrogens is 745 g/mol. The van der Waals surface area contributed by atoms with Crippen LogP contribution in [0, 0.1) is 11.3 Å². The number of pyridine rings is 2. The molecule has 2 aromatic heterocycles. The normalized spacial score (nSPS) is 23.2. The van der Waals surface area contributed by atoms with E-state index in [4.69, 9.17) is 14.2 Å². The number of hydrogen-bond acceptors (Lipinski definition) is 11. The van der Waals surface area contributed by atoms with Crippen LogP contribution in [0.1, 0.15) is 64.8 Å². The number of benzene rings is 2. The summed E-state index contributed by atoms with van der Waals surface area (Å²) in [4.78, 5) is 85.9. The van der Waals surface area contributed by atoms with Crippen molar-refractivity contribution in [1.82, 2.24) is 29.6 Å². The third-order valence-corrected chi connectivity index (χ3v) is 12.6. The molecule has 6 heterocycles. The molecule has 15 nitrogen and oxygen atoms in total. The van der Waals surface area contributed by atoms with Crippen molar-refractivity contribution in [2.24, 2.45) is 18.4 Å². The first-order valence-electron chi connectivity index (χ1n) is 19.7. The third kappa shape index (κ3) is 6.46. The van der Waals surface area contributed by atoms with Crippen molar-refractivity contribution in [2.45, 2.75) is 57.2 Å². The minimum atomic E-state index is -1.02. The van der Waals surface area contributed by atoms with Crippen LogP contribution < -0.4 is 25.1 Å². The van der Waals surface area contributed by atoms with Crippen LogP contribution in [-0.2, 0) is 28.0 Å². The molecule has 1 N–H and O–H groups in total. The molecule has 9 rings (SSSR count). The zero-order valence-corrected chi connectivity index (χ0v) is 32.6. The van der Waals surface area contributed by atoms with E-state index < -0.39 is 29.7 Å². The first-order chi connectivity index (χ1) is 27.9. The predicted octanol–water partition coefficient (Wildman–Crippen LogP) is 3.30. The first-order valence-corrected chi connectivity index (χ1v) is 19.7. The summed E-state index contributed by atoms with van der Waals surface area (Å²) in [6, 6.07) is 9.58. The molecule has 0 unspecified atom stereocenters. The van der Waals surface area contributed by atoms with Gasteiger partial charge in [0.1, 0.15) is 23.3 Å². The van der Waals surface area contributed by atoms with Gasteiger partial charge in [-0.1, -0.05) is 0 Å². The molecule has 1 saturated carbocycles. The lowest BCUT2D eigenvalue weighted by molar-refractivity contribution is -0.136. The van der Waals surface area contributed by atoms with E-state index in [0.29, 0.717) is 42.1 Å². The van der Waals surface area contributed by atoms with Gasteiger partial charge in [-0.25, -0.2) is 0 Å². The number of fused-ring (bicyclic) bond motifs is 2. The van der Waals surface area contributed by atoms with Gasteiger partial charge in [0.2, 0.25) is 17.7 Å². The molecule has 2 aromatic carbocycles. The Labute approximate surface area is 333 Å². The van der Waals surface area contributed by atoms with Gasteiger partial charge < -0.3 is 23.7 Å². The van der Waals surface area contributed by atoms with Gasteiger partial charge in [0.15, 0.2) is 0 Å². The Bertz CT molecular complexity index is 2440. The Morgan fingerprint density at radius 1 is 0.931 bits per heavy atom. The summed E-state index contributed by atoms with van der Waals surface area (Å²) < 4.78 is 19.6. The molecule has 1 spiro atoms. The Kier molecular flexibility index (Phi) is 9.29. The standard InChI is InChI=1S/C43H44N6O9/c1-46-21-32(28-8-10-44-18-31(28)40(46)53)25-13-35(56-2)33(36(14-25)57-3)22-47-19-24(20-47)12-38(51)48-11-9-43(23-48)16-27(17-43)58-26-4-5-29-30(15-26)42(55)49(41(29)54)34-6-7-37(50)45-39(34)52/h4-5,8,10,13-15,18,21,24,27,34H,6-7,9,11-12,16-17,19-20,22-23H2,1-3H3,(H,45,50,52)/t27?,34-,43?/m1/s1. The van der Waals surface area contributed by atoms with Crippen LogP contribution in [0.25, 0.3) is 21.9 Å². The van der Waals surface area contributed by atoms with Crippen molar-refractivity contribution in [3.63, 3.8) is 0 Å². The number of aromatic nitrogens is 2. The van der Waals surface area contributed by atoms with Gasteiger partial charge in [-0.3, -0.25) is 48.9 Å². The van der Waals surface area contributed by atoms with E-state index in [1.807, 2.05) is 29.3 Å². The van der Waals surface area contributed by atoms with Gasteiger partial charge in [0, 0.05) is 76.8 Å². The molecule has 4 aromatic rings. The SMILES string of the molecule is COc1cc(-c2cn(C)c(=O)c3cnccc23)cc(OC)c1CN1CC(CC(=O)N2CCC3(CC(Oc4ccc5c(c4)C(=O)N([C@@H]4CCC(=O)NC4=O)C5=O)C3)C2)C1. The number of imide groups is 2. The van der Waals surface area contributed by atoms with Crippen LogP contribution in [-0.4, -0.2) is 106 Å². The average Bonchev–Trinajstić information content (AvgIpc) is 3.74. The molecule has 0 radical (unpaired) electrons. The largest absolute Gasteiger partial charge is 0.496 e. The van der Waals surface area contributed by atoms with Crippen molar-refractivity contribution in [3.05, 3.63) is 82.0 Å². The van der Waals surface area contributed by atoms with Gasteiger partial charge in [0.25, 0.3) is 17.4 Å². The molecule has 5 amide bonds. The zero-order valence-electron chi connectivity index (χ0n) is 32.6. The number of hydrogen-bond donors (Lipinski definition) is 1. The van der Waals surface area contributed by atoms with E-state index in [1.165, 1.54) is 0 Å². The summed E-state index contributed by atoms with van der Waals surface area (Å²) in [7, 11) is 5.00. The highest BCUT2D eigenvalue weighted by Gasteiger charge is 2.51. The minimum Gasteiger partial charge on any atom is -0.496 e. The summed E-state index contributed by atoms with van der Waals surface area (Å²) in [5.74, 6) is 0.103. The molecule has 0 bridgehead atoms. The maximum absolute atomic E-state index is 13.5. The van der Waals surface area contributed by atoms with Crippen molar-refractivity contribution < 1.29 is 38.2 Å². The topological polar surface area (TPSA) is 170 Å². The van der Waals surface area contributed by atoms with Crippen LogP contribution in [0.4, 0.5) is 0 Å². The highest BCUT2D eigenvalue weighted by Crippen LogP contribution is 2.50. The summed E-state index contributed by atoms with van der Waals surface area (Å²) in [6.45, 7) is 3.59. The first kappa shape index (κ1) is 37.5. The van der Waals surface area contributed by atoms with Crippen molar-refractivity contribution in [1.29, 1.82) is 0 Å². The van der Waals surface area contributed by atoms with Gasteiger partial charge in [-0.15, -0.1) is 0 Å². The molecule has 300 valence electrons. The number of nitrogens with zero attached hydrogens (tertiary/aromatic N) is 5. The number of nitrogens with one attached hydrogen (secondary N) is 1. The predicted molar refractivity (Wildman–Crippen MR) is 209 cm³/mol. The minimum absolute atomic E-state index is 0.00786. The molecule has 1 aliphatic carbocycles. The lowest BCUT2D eigenvalue weighted by Gasteiger charge is -2.45. The van der Waals surface area contributed by atoms with E-state index in [0.717, 1.165) is 65.9 Å². The summed E-state index contributed by atoms with van der Waals surface area (Å²) in [5.41, 5.74) is 2.95. The number of piperidine rings is 1.